The Morgan fingerprint density at radius 2 is 1.68 bits per heavy atom. The van der Waals surface area contributed by atoms with Gasteiger partial charge in [0.25, 0.3) is 11.8 Å². The number of methoxy groups -OCH3 is 2. The number of thioether (sulfide) groups is 1. The van der Waals surface area contributed by atoms with E-state index in [0.717, 1.165) is 34.6 Å². The van der Waals surface area contributed by atoms with E-state index in [4.69, 9.17) is 9.47 Å². The molecule has 0 bridgehead atoms. The van der Waals surface area contributed by atoms with Crippen LogP contribution < -0.4 is 20.7 Å². The average Bonchev–Trinajstić information content (AvgIpc) is 3.47. The molecular weight excluding hydrogens is 671 g/mol. The fraction of sp³-hybridized carbons (Fsp3) is 0.282. The summed E-state index contributed by atoms with van der Waals surface area (Å²) in [4.78, 5) is 54.5. The number of hydrogen-bond donors (Lipinski definition) is 3. The minimum Gasteiger partial charge on any atom is -0.496 e. The molecule has 0 aliphatic heterocycles. The molecule has 1 aromatic heterocycles. The summed E-state index contributed by atoms with van der Waals surface area (Å²) in [5.74, 6) is -0.567. The van der Waals surface area contributed by atoms with Crippen molar-refractivity contribution >= 4 is 63.6 Å². The van der Waals surface area contributed by atoms with Crippen LogP contribution in [0.4, 0.5) is 10.7 Å². The van der Waals surface area contributed by atoms with Crippen molar-refractivity contribution in [1.82, 2.24) is 5.32 Å². The average molecular weight is 712 g/mol. The van der Waals surface area contributed by atoms with Gasteiger partial charge >= 0.3 is 5.97 Å². The van der Waals surface area contributed by atoms with Gasteiger partial charge < -0.3 is 25.4 Å². The normalized spacial score (nSPS) is 14.3. The first-order chi connectivity index (χ1) is 24.0. The lowest BCUT2D eigenvalue weighted by Crippen LogP contribution is -2.30. The maximum atomic E-state index is 13.6. The Morgan fingerprint density at radius 3 is 2.40 bits per heavy atom. The third-order valence-electron chi connectivity index (χ3n) is 8.56. The topological polar surface area (TPSA) is 123 Å². The van der Waals surface area contributed by atoms with Crippen molar-refractivity contribution in [1.29, 1.82) is 0 Å². The van der Waals surface area contributed by atoms with Gasteiger partial charge in [0, 0.05) is 26.6 Å². The summed E-state index contributed by atoms with van der Waals surface area (Å²) in [5.41, 5.74) is 3.09. The van der Waals surface area contributed by atoms with Crippen LogP contribution in [0, 0.1) is 11.3 Å². The van der Waals surface area contributed by atoms with Gasteiger partial charge in [0.15, 0.2) is 0 Å². The molecule has 1 aliphatic carbocycles. The summed E-state index contributed by atoms with van der Waals surface area (Å²) in [6.45, 7) is 6.71. The van der Waals surface area contributed by atoms with Crippen LogP contribution in [0.1, 0.15) is 63.9 Å². The molecule has 0 radical (unpaired) electrons. The highest BCUT2D eigenvalue weighted by Crippen LogP contribution is 2.44. The second-order valence-electron chi connectivity index (χ2n) is 12.9. The quantitative estimate of drug-likeness (QED) is 0.0824. The minimum absolute atomic E-state index is 0.0228. The van der Waals surface area contributed by atoms with E-state index in [1.54, 1.807) is 66.7 Å². The molecule has 9 nitrogen and oxygen atoms in total. The van der Waals surface area contributed by atoms with Crippen molar-refractivity contribution in [2.45, 2.75) is 44.9 Å². The number of hydrogen-bond acceptors (Lipinski definition) is 8. The maximum absolute atomic E-state index is 13.6. The Morgan fingerprint density at radius 1 is 0.940 bits per heavy atom. The summed E-state index contributed by atoms with van der Waals surface area (Å²) < 4.78 is 10.5. The van der Waals surface area contributed by atoms with E-state index in [-0.39, 0.29) is 22.8 Å². The molecule has 1 aliphatic rings. The molecule has 4 aromatic rings. The number of rotatable bonds is 11. The van der Waals surface area contributed by atoms with Crippen molar-refractivity contribution in [2.24, 2.45) is 11.3 Å². The van der Waals surface area contributed by atoms with Crippen LogP contribution in [0.3, 0.4) is 0 Å². The predicted molar refractivity (Wildman–Crippen MR) is 200 cm³/mol. The van der Waals surface area contributed by atoms with Gasteiger partial charge in [-0.2, -0.15) is 0 Å². The number of esters is 1. The maximum Gasteiger partial charge on any atom is 0.341 e. The van der Waals surface area contributed by atoms with Gasteiger partial charge in [-0.05, 0) is 78.6 Å². The van der Waals surface area contributed by atoms with E-state index in [9.17, 15) is 19.2 Å². The number of amides is 3. The van der Waals surface area contributed by atoms with E-state index in [0.29, 0.717) is 39.0 Å². The van der Waals surface area contributed by atoms with E-state index in [1.807, 2.05) is 18.2 Å². The molecule has 3 amide bonds. The number of benzene rings is 3. The largest absolute Gasteiger partial charge is 0.496 e. The van der Waals surface area contributed by atoms with E-state index >= 15 is 0 Å². The van der Waals surface area contributed by atoms with Gasteiger partial charge in [-0.25, -0.2) is 4.79 Å². The highest BCUT2D eigenvalue weighted by atomic mass is 32.2. The molecule has 1 atom stereocenters. The zero-order valence-electron chi connectivity index (χ0n) is 28.8. The van der Waals surface area contributed by atoms with Crippen LogP contribution in [0.5, 0.6) is 5.75 Å². The Labute approximate surface area is 300 Å². The first-order valence-electron chi connectivity index (χ1n) is 16.2. The van der Waals surface area contributed by atoms with Crippen LogP contribution in [-0.2, 0) is 27.2 Å². The summed E-state index contributed by atoms with van der Waals surface area (Å²) in [5, 5.41) is 9.09. The number of anilines is 2. The van der Waals surface area contributed by atoms with E-state index in [1.165, 1.54) is 37.3 Å². The number of ether oxygens (including phenoxy) is 2. The molecule has 1 heterocycles. The summed E-state index contributed by atoms with van der Waals surface area (Å²) in [7, 11) is 2.89. The second-order valence-corrected chi connectivity index (χ2v) is 15.1. The Hall–Kier alpha value is -4.87. The van der Waals surface area contributed by atoms with Crippen molar-refractivity contribution in [3.8, 4) is 5.75 Å². The molecule has 50 heavy (non-hydrogen) atoms. The van der Waals surface area contributed by atoms with Gasteiger partial charge in [-0.1, -0.05) is 63.2 Å². The number of carbonyl (C=O) groups is 4. The molecular formula is C39H41N3O6S2. The highest BCUT2D eigenvalue weighted by molar-refractivity contribution is 8.00. The Balaban J connectivity index is 1.28. The number of carbonyl (C=O) groups excluding carboxylic acids is 4. The fourth-order valence-corrected chi connectivity index (χ4v) is 7.88. The Bertz CT molecular complexity index is 1910. The standard InChI is InChI=1S/C39H41N3O6S2/c1-39(2,3)26-18-19-29-32(21-26)50-37(34(29)38(46)48-5)42-33(43)23-49-28-16-11-15-27(22-28)40-36(45)30(20-25-14-9-10-17-31(25)47-4)41-35(44)24-12-7-6-8-13-24/h6-17,20,22,26H,18-19,21,23H2,1-5H3,(H,40,45)(H,41,44)(H,42,43)/b30-20+. The molecule has 11 heteroatoms. The number of nitrogens with one attached hydrogen (secondary N) is 3. The zero-order chi connectivity index (χ0) is 35.8. The zero-order valence-corrected chi connectivity index (χ0v) is 30.4. The van der Waals surface area contributed by atoms with Crippen LogP contribution in [-0.4, -0.2) is 43.7 Å². The van der Waals surface area contributed by atoms with Crippen LogP contribution >= 0.6 is 23.1 Å². The minimum atomic E-state index is -0.536. The predicted octanol–water partition coefficient (Wildman–Crippen LogP) is 7.83. The third-order valence-corrected chi connectivity index (χ3v) is 10.7. The Kier molecular flexibility index (Phi) is 11.8. The summed E-state index contributed by atoms with van der Waals surface area (Å²) >= 11 is 2.76. The lowest BCUT2D eigenvalue weighted by molar-refractivity contribution is -0.114. The smallest absolute Gasteiger partial charge is 0.341 e. The fourth-order valence-electron chi connectivity index (χ4n) is 5.79. The van der Waals surface area contributed by atoms with Crippen LogP contribution in [0.15, 0.2) is 89.5 Å². The van der Waals surface area contributed by atoms with Gasteiger partial charge in [-0.15, -0.1) is 23.1 Å². The van der Waals surface area contributed by atoms with E-state index in [2.05, 4.69) is 36.7 Å². The van der Waals surface area contributed by atoms with Crippen molar-refractivity contribution in [3.05, 3.63) is 112 Å². The molecule has 260 valence electrons. The van der Waals surface area contributed by atoms with Gasteiger partial charge in [0.05, 0.1) is 25.5 Å². The lowest BCUT2D eigenvalue weighted by atomic mass is 9.72. The van der Waals surface area contributed by atoms with Crippen LogP contribution in [0.2, 0.25) is 0 Å². The monoisotopic (exact) mass is 711 g/mol. The number of thiophene rings is 1. The van der Waals surface area contributed by atoms with Crippen molar-refractivity contribution in [3.63, 3.8) is 0 Å². The molecule has 0 saturated heterocycles. The first-order valence-corrected chi connectivity index (χ1v) is 18.0. The van der Waals surface area contributed by atoms with E-state index < -0.39 is 17.8 Å². The third kappa shape index (κ3) is 9.02. The van der Waals surface area contributed by atoms with Crippen molar-refractivity contribution in [2.75, 3.05) is 30.6 Å². The summed E-state index contributed by atoms with van der Waals surface area (Å²) in [6, 6.07) is 22.9. The lowest BCUT2D eigenvalue weighted by Gasteiger charge is -2.33. The molecule has 3 N–H and O–H groups in total. The van der Waals surface area contributed by atoms with Gasteiger partial charge in [0.1, 0.15) is 16.4 Å². The number of para-hydroxylation sites is 1. The second kappa shape index (κ2) is 16.2. The van der Waals surface area contributed by atoms with Gasteiger partial charge in [-0.3, -0.25) is 14.4 Å². The summed E-state index contributed by atoms with van der Waals surface area (Å²) in [6.07, 6.45) is 4.17. The highest BCUT2D eigenvalue weighted by Gasteiger charge is 2.34. The molecule has 0 saturated carbocycles. The SMILES string of the molecule is COC(=O)c1c(NC(=O)CSc2cccc(NC(=O)/C(=C\c3ccccc3OC)NC(=O)c3ccccc3)c2)sc2c1CCC(C(C)(C)C)C2. The molecule has 0 fully saturated rings. The number of fused-ring (bicyclic) bond motifs is 1. The molecule has 3 aromatic carbocycles. The molecule has 5 rings (SSSR count). The van der Waals surface area contributed by atoms with Gasteiger partial charge in [0.2, 0.25) is 5.91 Å². The van der Waals surface area contributed by atoms with Crippen LogP contribution in [0.25, 0.3) is 6.08 Å². The van der Waals surface area contributed by atoms with Crippen molar-refractivity contribution < 1.29 is 28.7 Å². The molecule has 1 unspecified atom stereocenters. The first kappa shape index (κ1) is 36.4. The molecule has 0 spiro atoms.